The fourth-order valence-electron chi connectivity index (χ4n) is 3.40. The summed E-state index contributed by atoms with van der Waals surface area (Å²) in [5.74, 6) is -1.19. The number of aryl methyl sites for hydroxylation is 3. The first-order chi connectivity index (χ1) is 15.8. The summed E-state index contributed by atoms with van der Waals surface area (Å²) in [6.07, 6.45) is 4.93. The average molecular weight is 484 g/mol. The Balaban J connectivity index is 2.39. The molecular weight excluding hydrogens is 454 g/mol. The van der Waals surface area contributed by atoms with Crippen LogP contribution in [0.3, 0.4) is 0 Å². The molecule has 2 rings (SSSR count). The van der Waals surface area contributed by atoms with Gasteiger partial charge in [-0.1, -0.05) is 59.5 Å². The van der Waals surface area contributed by atoms with Gasteiger partial charge in [0, 0.05) is 6.04 Å². The summed E-state index contributed by atoms with van der Waals surface area (Å²) in [5.41, 5.74) is 2.79. The third-order valence-electron chi connectivity index (χ3n) is 4.73. The Bertz CT molecular complexity index is 1090. The highest BCUT2D eigenvalue weighted by molar-refractivity contribution is 6.34. The zero-order valence-corrected chi connectivity index (χ0v) is 21.0. The molecule has 0 radical (unpaired) electrons. The third kappa shape index (κ3) is 7.26. The van der Waals surface area contributed by atoms with E-state index in [1.165, 1.54) is 0 Å². The third-order valence-corrected chi connectivity index (χ3v) is 5.04. The molecule has 0 aliphatic heterocycles. The van der Waals surface area contributed by atoms with Crippen LogP contribution in [0.25, 0.3) is 0 Å². The van der Waals surface area contributed by atoms with Gasteiger partial charge in [-0.2, -0.15) is 0 Å². The molecule has 1 unspecified atom stereocenters. The van der Waals surface area contributed by atoms with E-state index in [0.29, 0.717) is 16.3 Å². The second kappa shape index (κ2) is 11.1. The molecule has 2 aromatic carbocycles. The quantitative estimate of drug-likeness (QED) is 0.452. The average Bonchev–Trinajstić information content (AvgIpc) is 2.70. The van der Waals surface area contributed by atoms with Crippen LogP contribution in [0.2, 0.25) is 5.02 Å². The predicted octanol–water partition coefficient (Wildman–Crippen LogP) is 4.89. The van der Waals surface area contributed by atoms with Gasteiger partial charge >= 0.3 is 6.09 Å². The van der Waals surface area contributed by atoms with E-state index in [-0.39, 0.29) is 0 Å². The molecule has 2 aromatic rings. The van der Waals surface area contributed by atoms with Gasteiger partial charge in [0.05, 0.1) is 10.7 Å². The van der Waals surface area contributed by atoms with Crippen molar-refractivity contribution < 1.29 is 19.1 Å². The Kier molecular flexibility index (Phi) is 8.72. The number of nitrogens with one attached hydrogen (secondary N) is 2. The van der Waals surface area contributed by atoms with Crippen molar-refractivity contribution in [3.05, 3.63) is 63.7 Å². The maximum Gasteiger partial charge on any atom is 0.408 e. The number of amides is 3. The number of hydrogen-bond donors (Lipinski definition) is 2. The minimum atomic E-state index is -1.16. The van der Waals surface area contributed by atoms with Gasteiger partial charge in [-0.05, 0) is 58.7 Å². The van der Waals surface area contributed by atoms with E-state index >= 15 is 0 Å². The number of terminal acetylenes is 1. The molecule has 8 heteroatoms. The molecule has 0 fully saturated rings. The molecule has 180 valence electrons. The molecular formula is C26H30ClN3O4. The molecule has 0 aliphatic rings. The number of ether oxygens (including phenoxy) is 1. The number of hydrogen-bond acceptors (Lipinski definition) is 4. The molecule has 0 bridgehead atoms. The molecule has 0 heterocycles. The van der Waals surface area contributed by atoms with Gasteiger partial charge in [-0.15, -0.1) is 0 Å². The molecule has 1 atom stereocenters. The first-order valence-electron chi connectivity index (χ1n) is 10.7. The van der Waals surface area contributed by atoms with Crippen molar-refractivity contribution in [1.82, 2.24) is 10.2 Å². The van der Waals surface area contributed by atoms with Crippen molar-refractivity contribution in [2.75, 3.05) is 11.9 Å². The molecule has 0 saturated heterocycles. The Morgan fingerprint density at radius 1 is 1.12 bits per heavy atom. The highest BCUT2D eigenvalue weighted by atomic mass is 35.5. The number of anilines is 1. The molecule has 2 N–H and O–H groups in total. The first-order valence-corrected chi connectivity index (χ1v) is 11.1. The lowest BCUT2D eigenvalue weighted by molar-refractivity contribution is -0.134. The van der Waals surface area contributed by atoms with Crippen LogP contribution in [0.15, 0.2) is 36.4 Å². The number of benzene rings is 2. The van der Waals surface area contributed by atoms with Crippen LogP contribution in [0.1, 0.15) is 49.1 Å². The fourth-order valence-corrected chi connectivity index (χ4v) is 3.67. The van der Waals surface area contributed by atoms with Crippen molar-refractivity contribution in [1.29, 1.82) is 0 Å². The molecule has 0 aliphatic carbocycles. The lowest BCUT2D eigenvalue weighted by atomic mass is 9.99. The Morgan fingerprint density at radius 3 is 2.26 bits per heavy atom. The van der Waals surface area contributed by atoms with Crippen LogP contribution >= 0.6 is 11.6 Å². The minimum Gasteiger partial charge on any atom is -0.444 e. The largest absolute Gasteiger partial charge is 0.444 e. The smallest absolute Gasteiger partial charge is 0.408 e. The van der Waals surface area contributed by atoms with Crippen LogP contribution < -0.4 is 10.6 Å². The van der Waals surface area contributed by atoms with E-state index in [1.54, 1.807) is 45.0 Å². The molecule has 34 heavy (non-hydrogen) atoms. The number of halogens is 1. The van der Waals surface area contributed by atoms with Gasteiger partial charge in [0.25, 0.3) is 11.8 Å². The second-order valence-corrected chi connectivity index (χ2v) is 9.40. The van der Waals surface area contributed by atoms with Crippen molar-refractivity contribution >= 4 is 35.2 Å². The maximum atomic E-state index is 13.5. The van der Waals surface area contributed by atoms with E-state index in [0.717, 1.165) is 21.6 Å². The van der Waals surface area contributed by atoms with Gasteiger partial charge in [0.1, 0.15) is 18.2 Å². The summed E-state index contributed by atoms with van der Waals surface area (Å²) in [5, 5.41) is 5.56. The van der Waals surface area contributed by atoms with E-state index in [2.05, 4.69) is 16.7 Å². The van der Waals surface area contributed by atoms with Crippen molar-refractivity contribution in [2.24, 2.45) is 0 Å². The second-order valence-electron chi connectivity index (χ2n) is 8.99. The van der Waals surface area contributed by atoms with Crippen LogP contribution in [0, 0.1) is 33.2 Å². The van der Waals surface area contributed by atoms with Crippen LogP contribution in [-0.4, -0.2) is 35.0 Å². The zero-order valence-electron chi connectivity index (χ0n) is 20.3. The Morgan fingerprint density at radius 2 is 1.74 bits per heavy atom. The number of alkyl carbamates (subject to hydrolysis) is 1. The highest BCUT2D eigenvalue weighted by Crippen LogP contribution is 2.29. The maximum absolute atomic E-state index is 13.5. The number of para-hydroxylation sites is 1. The van der Waals surface area contributed by atoms with Gasteiger partial charge in [0.2, 0.25) is 0 Å². The summed E-state index contributed by atoms with van der Waals surface area (Å²) in [7, 11) is 0. The number of nitrogens with zero attached hydrogens (tertiary/aromatic N) is 1. The van der Waals surface area contributed by atoms with Crippen LogP contribution in [-0.2, 0) is 14.3 Å². The lowest BCUT2D eigenvalue weighted by Gasteiger charge is -2.27. The van der Waals surface area contributed by atoms with Gasteiger partial charge < -0.3 is 15.4 Å². The lowest BCUT2D eigenvalue weighted by Crippen LogP contribution is -2.44. The van der Waals surface area contributed by atoms with E-state index in [4.69, 9.17) is 22.8 Å². The summed E-state index contributed by atoms with van der Waals surface area (Å²) in [6, 6.07) is 11.9. The highest BCUT2D eigenvalue weighted by Gasteiger charge is 2.32. The summed E-state index contributed by atoms with van der Waals surface area (Å²) >= 11 is 6.29. The van der Waals surface area contributed by atoms with E-state index in [9.17, 15) is 14.4 Å². The monoisotopic (exact) mass is 483 g/mol. The summed E-state index contributed by atoms with van der Waals surface area (Å²) < 4.78 is 5.16. The normalized spacial score (nSPS) is 11.7. The van der Waals surface area contributed by atoms with Gasteiger partial charge in [-0.3, -0.25) is 14.5 Å². The zero-order chi connectivity index (χ0) is 25.6. The number of carbonyl (C=O) groups is 3. The summed E-state index contributed by atoms with van der Waals surface area (Å²) in [4.78, 5) is 39.5. The molecule has 7 nitrogen and oxygen atoms in total. The molecule has 3 amide bonds. The number of rotatable bonds is 6. The fraction of sp³-hybridized carbons (Fsp3) is 0.346. The molecule has 0 aromatic heterocycles. The minimum absolute atomic E-state index is 0.359. The SMILES string of the molecule is C#CN(C(=O)CNC(=O)OC(C)(C)C)C(C(=O)Nc1c(C)cccc1Cl)c1cc(C)cc(C)c1. The van der Waals surface area contributed by atoms with Crippen LogP contribution in [0.4, 0.5) is 10.5 Å². The van der Waals surface area contributed by atoms with Crippen LogP contribution in [0.5, 0.6) is 0 Å². The molecule has 0 saturated carbocycles. The van der Waals surface area contributed by atoms with E-state index < -0.39 is 36.1 Å². The number of carbonyl (C=O) groups excluding carboxylic acids is 3. The summed E-state index contributed by atoms with van der Waals surface area (Å²) in [6.45, 7) is 10.3. The van der Waals surface area contributed by atoms with Gasteiger partial charge in [0.15, 0.2) is 0 Å². The van der Waals surface area contributed by atoms with Gasteiger partial charge in [-0.25, -0.2) is 4.79 Å². The molecule has 0 spiro atoms. The van der Waals surface area contributed by atoms with Crippen molar-refractivity contribution in [3.63, 3.8) is 0 Å². The van der Waals surface area contributed by atoms with Crippen molar-refractivity contribution in [2.45, 2.75) is 53.2 Å². The van der Waals surface area contributed by atoms with Crippen molar-refractivity contribution in [3.8, 4) is 12.5 Å². The first kappa shape index (κ1) is 26.7. The Hall–Kier alpha value is -3.50. The standard InChI is InChI=1S/C26H30ClN3O4/c1-8-30(21(31)15-28-25(33)34-26(5,6)7)23(19-13-16(2)12-17(3)14-19)24(32)29-22-18(4)10-9-11-20(22)27/h1,9-14,23H,15H2,2-7H3,(H,28,33)(H,29,32). The topological polar surface area (TPSA) is 87.7 Å². The predicted molar refractivity (Wildman–Crippen MR) is 133 cm³/mol. The van der Waals surface area contributed by atoms with E-state index in [1.807, 2.05) is 32.9 Å². The Labute approximate surface area is 205 Å².